The van der Waals surface area contributed by atoms with E-state index >= 15 is 0 Å². The van der Waals surface area contributed by atoms with E-state index in [1.807, 2.05) is 5.32 Å². The number of carbonyl (C=O) groups excluding carboxylic acids is 1. The number of carboxylic acids is 1. The molecular formula is C11H10ClF3N2O3. The van der Waals surface area contributed by atoms with Gasteiger partial charge in [-0.05, 0) is 12.1 Å². The SMILES string of the molecule is NC(CC(=O)O)C(=O)Nc1c(Cl)cccc1C(F)(F)F. The number of alkyl halides is 3. The summed E-state index contributed by atoms with van der Waals surface area (Å²) in [7, 11) is 0. The van der Waals surface area contributed by atoms with Gasteiger partial charge in [-0.3, -0.25) is 9.59 Å². The van der Waals surface area contributed by atoms with Crippen LogP contribution in [0.4, 0.5) is 18.9 Å². The third-order valence-electron chi connectivity index (χ3n) is 2.30. The van der Waals surface area contributed by atoms with Gasteiger partial charge in [0.15, 0.2) is 0 Å². The number of aliphatic carboxylic acids is 1. The second-order valence-corrected chi connectivity index (χ2v) is 4.26. The molecule has 1 rings (SSSR count). The predicted octanol–water partition coefficient (Wildman–Crippen LogP) is 2.10. The van der Waals surface area contributed by atoms with Crippen molar-refractivity contribution in [2.75, 3.05) is 5.32 Å². The molecule has 5 nitrogen and oxygen atoms in total. The molecule has 1 amide bonds. The van der Waals surface area contributed by atoms with Crippen LogP contribution in [-0.2, 0) is 15.8 Å². The number of anilines is 1. The molecule has 0 aliphatic heterocycles. The van der Waals surface area contributed by atoms with Crippen LogP contribution >= 0.6 is 11.6 Å². The van der Waals surface area contributed by atoms with Crippen LogP contribution in [0.25, 0.3) is 0 Å². The first-order chi connectivity index (χ1) is 9.12. The maximum atomic E-state index is 12.8. The molecule has 20 heavy (non-hydrogen) atoms. The van der Waals surface area contributed by atoms with Gasteiger partial charge in [0.05, 0.1) is 28.7 Å². The Morgan fingerprint density at radius 2 is 2.00 bits per heavy atom. The highest BCUT2D eigenvalue weighted by atomic mass is 35.5. The van der Waals surface area contributed by atoms with Gasteiger partial charge in [0.1, 0.15) is 0 Å². The van der Waals surface area contributed by atoms with Gasteiger partial charge in [0.2, 0.25) is 5.91 Å². The first-order valence-electron chi connectivity index (χ1n) is 5.27. The normalized spacial score (nSPS) is 12.8. The van der Waals surface area contributed by atoms with Gasteiger partial charge in [0.25, 0.3) is 0 Å². The van der Waals surface area contributed by atoms with E-state index in [2.05, 4.69) is 0 Å². The molecule has 1 unspecified atom stereocenters. The largest absolute Gasteiger partial charge is 0.481 e. The fourth-order valence-corrected chi connectivity index (χ4v) is 1.61. The van der Waals surface area contributed by atoms with Crippen molar-refractivity contribution in [2.45, 2.75) is 18.6 Å². The highest BCUT2D eigenvalue weighted by molar-refractivity contribution is 6.34. The van der Waals surface area contributed by atoms with Crippen molar-refractivity contribution in [3.05, 3.63) is 28.8 Å². The van der Waals surface area contributed by atoms with Crippen molar-refractivity contribution in [1.82, 2.24) is 0 Å². The third kappa shape index (κ3) is 4.10. The summed E-state index contributed by atoms with van der Waals surface area (Å²) in [6.07, 6.45) is -5.43. The number of benzene rings is 1. The number of para-hydroxylation sites is 1. The molecule has 0 radical (unpaired) electrons. The van der Waals surface area contributed by atoms with Gasteiger partial charge in [-0.25, -0.2) is 0 Å². The summed E-state index contributed by atoms with van der Waals surface area (Å²) in [6, 6.07) is 1.50. The first kappa shape index (κ1) is 16.3. The number of nitrogens with one attached hydrogen (secondary N) is 1. The molecule has 0 saturated heterocycles. The van der Waals surface area contributed by atoms with Crippen molar-refractivity contribution >= 4 is 29.2 Å². The maximum Gasteiger partial charge on any atom is 0.418 e. The number of carbonyl (C=O) groups is 2. The molecule has 0 aliphatic rings. The summed E-state index contributed by atoms with van der Waals surface area (Å²) >= 11 is 5.62. The zero-order valence-corrected chi connectivity index (χ0v) is 10.6. The quantitative estimate of drug-likeness (QED) is 0.794. The molecule has 0 saturated carbocycles. The Bertz CT molecular complexity index is 534. The predicted molar refractivity (Wildman–Crippen MR) is 65.3 cm³/mol. The van der Waals surface area contributed by atoms with Crippen LogP contribution < -0.4 is 11.1 Å². The lowest BCUT2D eigenvalue weighted by molar-refractivity contribution is -0.139. The van der Waals surface area contributed by atoms with E-state index in [-0.39, 0.29) is 5.02 Å². The molecule has 0 aliphatic carbocycles. The minimum absolute atomic E-state index is 0.323. The first-order valence-corrected chi connectivity index (χ1v) is 5.64. The molecule has 1 atom stereocenters. The average molecular weight is 311 g/mol. The Hall–Kier alpha value is -1.80. The summed E-state index contributed by atoms with van der Waals surface area (Å²) < 4.78 is 38.3. The van der Waals surface area contributed by atoms with Crippen LogP contribution in [-0.4, -0.2) is 23.0 Å². The van der Waals surface area contributed by atoms with Crippen LogP contribution in [0, 0.1) is 0 Å². The lowest BCUT2D eigenvalue weighted by Crippen LogP contribution is -2.37. The van der Waals surface area contributed by atoms with E-state index in [9.17, 15) is 22.8 Å². The average Bonchev–Trinajstić information content (AvgIpc) is 2.29. The number of hydrogen-bond donors (Lipinski definition) is 3. The fourth-order valence-electron chi connectivity index (χ4n) is 1.38. The number of halogens is 4. The van der Waals surface area contributed by atoms with Gasteiger partial charge >= 0.3 is 12.1 Å². The lowest BCUT2D eigenvalue weighted by atomic mass is 10.1. The van der Waals surface area contributed by atoms with Crippen LogP contribution in [0.1, 0.15) is 12.0 Å². The number of amides is 1. The summed E-state index contributed by atoms with van der Waals surface area (Å²) in [6.45, 7) is 0. The third-order valence-corrected chi connectivity index (χ3v) is 2.61. The topological polar surface area (TPSA) is 92.4 Å². The number of nitrogens with two attached hydrogens (primary N) is 1. The highest BCUT2D eigenvalue weighted by Gasteiger charge is 2.35. The molecular weight excluding hydrogens is 301 g/mol. The van der Waals surface area contributed by atoms with Gasteiger partial charge in [-0.1, -0.05) is 17.7 Å². The molecule has 0 heterocycles. The zero-order valence-electron chi connectivity index (χ0n) is 9.87. The second-order valence-electron chi connectivity index (χ2n) is 3.85. The van der Waals surface area contributed by atoms with Crippen molar-refractivity contribution < 1.29 is 27.9 Å². The van der Waals surface area contributed by atoms with Gasteiger partial charge in [0, 0.05) is 0 Å². The minimum atomic E-state index is -4.72. The highest BCUT2D eigenvalue weighted by Crippen LogP contribution is 2.38. The standard InChI is InChI=1S/C11H10ClF3N2O3/c12-6-3-1-2-5(11(13,14)15)9(6)17-10(20)7(16)4-8(18)19/h1-3,7H,4,16H2,(H,17,20)(H,18,19). The second kappa shape index (κ2) is 6.10. The minimum Gasteiger partial charge on any atom is -0.481 e. The van der Waals surface area contributed by atoms with E-state index in [1.54, 1.807) is 0 Å². The Kier molecular flexibility index (Phi) is 4.96. The molecule has 110 valence electrons. The lowest BCUT2D eigenvalue weighted by Gasteiger charge is -2.16. The van der Waals surface area contributed by atoms with Crippen molar-refractivity contribution in [3.63, 3.8) is 0 Å². The van der Waals surface area contributed by atoms with E-state index in [0.29, 0.717) is 0 Å². The number of hydrogen-bond acceptors (Lipinski definition) is 3. The van der Waals surface area contributed by atoms with Crippen LogP contribution in [0.5, 0.6) is 0 Å². The van der Waals surface area contributed by atoms with E-state index < -0.39 is 41.8 Å². The summed E-state index contributed by atoms with van der Waals surface area (Å²) in [4.78, 5) is 21.9. The Labute approximate surface area is 116 Å². The van der Waals surface area contributed by atoms with E-state index in [0.717, 1.165) is 18.2 Å². The van der Waals surface area contributed by atoms with Crippen LogP contribution in [0.15, 0.2) is 18.2 Å². The van der Waals surface area contributed by atoms with Crippen molar-refractivity contribution in [3.8, 4) is 0 Å². The zero-order chi connectivity index (χ0) is 15.5. The summed E-state index contributed by atoms with van der Waals surface area (Å²) in [5.74, 6) is -2.41. The van der Waals surface area contributed by atoms with Gasteiger partial charge in [-0.2, -0.15) is 13.2 Å². The molecule has 4 N–H and O–H groups in total. The number of carboxylic acid groups (broad SMARTS) is 1. The van der Waals surface area contributed by atoms with E-state index in [1.165, 1.54) is 0 Å². The Morgan fingerprint density at radius 1 is 1.40 bits per heavy atom. The number of rotatable bonds is 4. The summed E-state index contributed by atoms with van der Waals surface area (Å²) in [5, 5.41) is 10.1. The monoisotopic (exact) mass is 310 g/mol. The van der Waals surface area contributed by atoms with Crippen LogP contribution in [0.3, 0.4) is 0 Å². The molecule has 1 aromatic rings. The van der Waals surface area contributed by atoms with Crippen molar-refractivity contribution in [1.29, 1.82) is 0 Å². The Balaban J connectivity index is 3.03. The van der Waals surface area contributed by atoms with Gasteiger partial charge < -0.3 is 16.2 Å². The molecule has 0 fully saturated rings. The molecule has 9 heteroatoms. The van der Waals surface area contributed by atoms with Crippen molar-refractivity contribution in [2.24, 2.45) is 5.73 Å². The molecule has 0 spiro atoms. The maximum absolute atomic E-state index is 12.8. The van der Waals surface area contributed by atoms with Gasteiger partial charge in [-0.15, -0.1) is 0 Å². The molecule has 0 bridgehead atoms. The smallest absolute Gasteiger partial charge is 0.418 e. The van der Waals surface area contributed by atoms with Crippen LogP contribution in [0.2, 0.25) is 5.02 Å². The molecule has 0 aromatic heterocycles. The Morgan fingerprint density at radius 3 is 2.50 bits per heavy atom. The fraction of sp³-hybridized carbons (Fsp3) is 0.273. The summed E-state index contributed by atoms with van der Waals surface area (Å²) in [5.41, 5.74) is 3.47. The van der Waals surface area contributed by atoms with E-state index in [4.69, 9.17) is 22.4 Å². The molecule has 1 aromatic carbocycles.